The summed E-state index contributed by atoms with van der Waals surface area (Å²) in [6.07, 6.45) is 1.95. The molecule has 0 aliphatic rings. The highest BCUT2D eigenvalue weighted by molar-refractivity contribution is 6.19. The lowest BCUT2D eigenvalue weighted by Gasteiger charge is -2.12. The molecular formula is C18H17ClO2. The van der Waals surface area contributed by atoms with Crippen LogP contribution >= 0.6 is 11.6 Å². The third kappa shape index (κ3) is 3.73. The quantitative estimate of drug-likeness (QED) is 0.823. The Bertz CT molecular complexity index is 647. The Balaban J connectivity index is 2.45. The number of allylic oxidation sites excluding steroid dienone is 1. The molecule has 0 radical (unpaired) electrons. The number of hydrogen-bond donors (Lipinski definition) is 1. The number of alkyl halides is 1. The molecule has 0 bridgehead atoms. The van der Waals surface area contributed by atoms with Crippen molar-refractivity contribution in [1.82, 2.24) is 0 Å². The van der Waals surface area contributed by atoms with E-state index in [9.17, 15) is 4.79 Å². The molecule has 2 nitrogen and oxygen atoms in total. The second-order valence-electron chi connectivity index (χ2n) is 4.82. The van der Waals surface area contributed by atoms with Gasteiger partial charge in [0.05, 0.1) is 5.92 Å². The summed E-state index contributed by atoms with van der Waals surface area (Å²) >= 11 is 5.88. The van der Waals surface area contributed by atoms with E-state index in [4.69, 9.17) is 16.7 Å². The molecule has 1 N–H and O–H groups in total. The van der Waals surface area contributed by atoms with Gasteiger partial charge in [0.1, 0.15) is 0 Å². The SMILES string of the molecule is CC(C(=O)O)c1cccc(C(=CCCl)c2ccccc2)c1. The van der Waals surface area contributed by atoms with Crippen molar-refractivity contribution in [1.29, 1.82) is 0 Å². The van der Waals surface area contributed by atoms with Crippen LogP contribution in [0.15, 0.2) is 60.7 Å². The topological polar surface area (TPSA) is 37.3 Å². The zero-order valence-corrected chi connectivity index (χ0v) is 12.5. The van der Waals surface area contributed by atoms with Crippen LogP contribution in [-0.4, -0.2) is 17.0 Å². The maximum Gasteiger partial charge on any atom is 0.310 e. The van der Waals surface area contributed by atoms with Gasteiger partial charge in [-0.25, -0.2) is 0 Å². The lowest BCUT2D eigenvalue weighted by Crippen LogP contribution is -2.07. The van der Waals surface area contributed by atoms with Crippen molar-refractivity contribution < 1.29 is 9.90 Å². The molecule has 2 rings (SSSR count). The van der Waals surface area contributed by atoms with Gasteiger partial charge in [-0.1, -0.05) is 60.7 Å². The van der Waals surface area contributed by atoms with Crippen molar-refractivity contribution >= 4 is 23.1 Å². The number of halogens is 1. The number of carbonyl (C=O) groups is 1. The van der Waals surface area contributed by atoms with Gasteiger partial charge in [-0.2, -0.15) is 0 Å². The first-order valence-electron chi connectivity index (χ1n) is 6.78. The van der Waals surface area contributed by atoms with Crippen LogP contribution in [0.1, 0.15) is 29.5 Å². The number of aliphatic carboxylic acids is 1. The van der Waals surface area contributed by atoms with Gasteiger partial charge in [-0.15, -0.1) is 11.6 Å². The van der Waals surface area contributed by atoms with Crippen molar-refractivity contribution in [2.75, 3.05) is 5.88 Å². The van der Waals surface area contributed by atoms with Crippen LogP contribution in [0.3, 0.4) is 0 Å². The minimum absolute atomic E-state index is 0.406. The maximum absolute atomic E-state index is 11.1. The smallest absolute Gasteiger partial charge is 0.310 e. The van der Waals surface area contributed by atoms with Crippen molar-refractivity contribution in [3.63, 3.8) is 0 Å². The monoisotopic (exact) mass is 300 g/mol. The summed E-state index contributed by atoms with van der Waals surface area (Å²) in [5, 5.41) is 9.15. The first-order valence-corrected chi connectivity index (χ1v) is 7.31. The minimum atomic E-state index is -0.824. The van der Waals surface area contributed by atoms with Gasteiger partial charge in [0, 0.05) is 5.88 Å². The molecule has 2 aromatic carbocycles. The lowest BCUT2D eigenvalue weighted by atomic mass is 9.93. The van der Waals surface area contributed by atoms with Gasteiger partial charge in [-0.05, 0) is 29.2 Å². The number of rotatable bonds is 5. The van der Waals surface area contributed by atoms with Gasteiger partial charge in [0.25, 0.3) is 0 Å². The number of carboxylic acid groups (broad SMARTS) is 1. The highest BCUT2D eigenvalue weighted by Crippen LogP contribution is 2.26. The third-order valence-electron chi connectivity index (χ3n) is 3.43. The van der Waals surface area contributed by atoms with Gasteiger partial charge in [-0.3, -0.25) is 4.79 Å². The summed E-state index contributed by atoms with van der Waals surface area (Å²) in [5.74, 6) is -0.948. The normalized spacial score (nSPS) is 13.0. The second-order valence-corrected chi connectivity index (χ2v) is 5.13. The number of benzene rings is 2. The van der Waals surface area contributed by atoms with E-state index < -0.39 is 11.9 Å². The van der Waals surface area contributed by atoms with E-state index in [1.54, 1.807) is 6.92 Å². The van der Waals surface area contributed by atoms with Crippen molar-refractivity contribution in [3.8, 4) is 0 Å². The van der Waals surface area contributed by atoms with E-state index in [1.165, 1.54) is 0 Å². The van der Waals surface area contributed by atoms with Crippen LogP contribution < -0.4 is 0 Å². The van der Waals surface area contributed by atoms with Crippen molar-refractivity contribution in [2.24, 2.45) is 0 Å². The average molecular weight is 301 g/mol. The molecule has 0 saturated carbocycles. The standard InChI is InChI=1S/C18H17ClO2/c1-13(18(20)21)15-8-5-9-16(12-15)17(10-11-19)14-6-3-2-4-7-14/h2-10,12-13H,11H2,1H3,(H,20,21). The first kappa shape index (κ1) is 15.3. The van der Waals surface area contributed by atoms with Crippen LogP contribution in [0.25, 0.3) is 5.57 Å². The Hall–Kier alpha value is -2.06. The third-order valence-corrected chi connectivity index (χ3v) is 3.59. The fourth-order valence-electron chi connectivity index (χ4n) is 2.22. The molecule has 2 aromatic rings. The Kier molecular flexibility index (Phi) is 5.18. The zero-order chi connectivity index (χ0) is 15.2. The largest absolute Gasteiger partial charge is 0.481 e. The summed E-state index contributed by atoms with van der Waals surface area (Å²) < 4.78 is 0. The van der Waals surface area contributed by atoms with Crippen molar-refractivity contribution in [3.05, 3.63) is 77.4 Å². The summed E-state index contributed by atoms with van der Waals surface area (Å²) in [5.41, 5.74) is 3.85. The van der Waals surface area contributed by atoms with E-state index in [1.807, 2.05) is 60.7 Å². The molecule has 0 amide bonds. The molecule has 0 saturated heterocycles. The van der Waals surface area contributed by atoms with E-state index >= 15 is 0 Å². The summed E-state index contributed by atoms with van der Waals surface area (Å²) in [7, 11) is 0. The molecule has 0 fully saturated rings. The summed E-state index contributed by atoms with van der Waals surface area (Å²) in [6.45, 7) is 1.69. The Morgan fingerprint density at radius 3 is 2.43 bits per heavy atom. The van der Waals surface area contributed by atoms with Crippen LogP contribution in [0.5, 0.6) is 0 Å². The van der Waals surface area contributed by atoms with Crippen LogP contribution in [-0.2, 0) is 4.79 Å². The molecule has 0 aliphatic heterocycles. The molecule has 0 aromatic heterocycles. The molecule has 0 heterocycles. The van der Waals surface area contributed by atoms with Gasteiger partial charge in [0.2, 0.25) is 0 Å². The highest BCUT2D eigenvalue weighted by atomic mass is 35.5. The first-order chi connectivity index (χ1) is 10.1. The molecule has 0 aliphatic carbocycles. The minimum Gasteiger partial charge on any atom is -0.481 e. The van der Waals surface area contributed by atoms with Crippen LogP contribution in [0, 0.1) is 0 Å². The predicted molar refractivity (Wildman–Crippen MR) is 86.7 cm³/mol. The summed E-state index contributed by atoms with van der Waals surface area (Å²) in [4.78, 5) is 11.1. The number of hydrogen-bond acceptors (Lipinski definition) is 1. The van der Waals surface area contributed by atoms with Crippen molar-refractivity contribution in [2.45, 2.75) is 12.8 Å². The lowest BCUT2D eigenvalue weighted by molar-refractivity contribution is -0.138. The fraction of sp³-hybridized carbons (Fsp3) is 0.167. The maximum atomic E-state index is 11.1. The fourth-order valence-corrected chi connectivity index (χ4v) is 2.37. The average Bonchev–Trinajstić information content (AvgIpc) is 2.52. The van der Waals surface area contributed by atoms with E-state index in [2.05, 4.69) is 0 Å². The van der Waals surface area contributed by atoms with Gasteiger partial charge < -0.3 is 5.11 Å². The van der Waals surface area contributed by atoms with Gasteiger partial charge in [0.15, 0.2) is 0 Å². The molecular weight excluding hydrogens is 284 g/mol. The molecule has 0 spiro atoms. The van der Waals surface area contributed by atoms with Crippen LogP contribution in [0.2, 0.25) is 0 Å². The van der Waals surface area contributed by atoms with E-state index in [-0.39, 0.29) is 0 Å². The summed E-state index contributed by atoms with van der Waals surface area (Å²) in [6, 6.07) is 17.6. The van der Waals surface area contributed by atoms with Gasteiger partial charge >= 0.3 is 5.97 Å². The Morgan fingerprint density at radius 1 is 1.14 bits per heavy atom. The molecule has 1 atom stereocenters. The predicted octanol–water partition coefficient (Wildman–Crippen LogP) is 4.55. The van der Waals surface area contributed by atoms with E-state index in [0.29, 0.717) is 5.88 Å². The molecule has 1 unspecified atom stereocenters. The Labute approximate surface area is 129 Å². The molecule has 3 heteroatoms. The zero-order valence-electron chi connectivity index (χ0n) is 11.8. The van der Waals surface area contributed by atoms with E-state index in [0.717, 1.165) is 22.3 Å². The highest BCUT2D eigenvalue weighted by Gasteiger charge is 2.14. The molecule has 108 valence electrons. The number of carboxylic acids is 1. The molecule has 21 heavy (non-hydrogen) atoms. The van der Waals surface area contributed by atoms with Crippen LogP contribution in [0.4, 0.5) is 0 Å². The Morgan fingerprint density at radius 2 is 1.81 bits per heavy atom. The second kappa shape index (κ2) is 7.09.